The molecule has 2 bridgehead atoms. The molecule has 2 nitrogen and oxygen atoms in total. The zero-order chi connectivity index (χ0) is 9.85. The number of hydrogen-bond donors (Lipinski definition) is 1. The van der Waals surface area contributed by atoms with Crippen LogP contribution < -0.4 is 0 Å². The Labute approximate surface area is 78.6 Å². The maximum absolute atomic E-state index is 11.6. The van der Waals surface area contributed by atoms with E-state index < -0.39 is 0 Å². The third-order valence-electron chi connectivity index (χ3n) is 4.41. The highest BCUT2D eigenvalue weighted by Crippen LogP contribution is 2.61. The van der Waals surface area contributed by atoms with Gasteiger partial charge >= 0.3 is 0 Å². The van der Waals surface area contributed by atoms with E-state index in [1.54, 1.807) is 0 Å². The van der Waals surface area contributed by atoms with Gasteiger partial charge in [0, 0.05) is 17.4 Å². The molecular weight excluding hydrogens is 164 g/mol. The molecule has 0 aromatic rings. The van der Waals surface area contributed by atoms with E-state index in [-0.39, 0.29) is 28.3 Å². The van der Waals surface area contributed by atoms with Gasteiger partial charge in [0.1, 0.15) is 5.76 Å². The van der Waals surface area contributed by atoms with E-state index >= 15 is 0 Å². The van der Waals surface area contributed by atoms with Crippen LogP contribution in [0, 0.1) is 16.7 Å². The fourth-order valence-corrected chi connectivity index (χ4v) is 2.85. The van der Waals surface area contributed by atoms with E-state index in [0.29, 0.717) is 0 Å². The molecular formula is C11H16O2. The molecule has 0 amide bonds. The molecule has 0 heterocycles. The monoisotopic (exact) mass is 180 g/mol. The van der Waals surface area contributed by atoms with E-state index in [0.717, 1.165) is 12.8 Å². The van der Waals surface area contributed by atoms with Crippen molar-refractivity contribution in [3.05, 3.63) is 11.8 Å². The van der Waals surface area contributed by atoms with Gasteiger partial charge in [-0.05, 0) is 18.3 Å². The second kappa shape index (κ2) is 2.17. The summed E-state index contributed by atoms with van der Waals surface area (Å²) >= 11 is 0. The maximum atomic E-state index is 11.6. The minimum absolute atomic E-state index is 0.0804. The van der Waals surface area contributed by atoms with Gasteiger partial charge < -0.3 is 5.11 Å². The summed E-state index contributed by atoms with van der Waals surface area (Å²) in [6.07, 6.45) is 3.28. The van der Waals surface area contributed by atoms with Crippen LogP contribution >= 0.6 is 0 Å². The Morgan fingerprint density at radius 2 is 2.08 bits per heavy atom. The molecule has 2 rings (SSSR count). The molecule has 0 saturated heterocycles. The zero-order valence-electron chi connectivity index (χ0n) is 8.42. The molecule has 0 spiro atoms. The molecule has 13 heavy (non-hydrogen) atoms. The van der Waals surface area contributed by atoms with E-state index in [1.807, 2.05) is 0 Å². The largest absolute Gasteiger partial charge is 0.512 e. The molecule has 2 aliphatic rings. The van der Waals surface area contributed by atoms with E-state index in [2.05, 4.69) is 20.8 Å². The van der Waals surface area contributed by atoms with Crippen molar-refractivity contribution in [1.82, 2.24) is 0 Å². The first-order chi connectivity index (χ1) is 5.89. The fourth-order valence-electron chi connectivity index (χ4n) is 2.85. The van der Waals surface area contributed by atoms with Crippen LogP contribution in [-0.2, 0) is 4.79 Å². The molecule has 72 valence electrons. The number of aliphatic hydroxyl groups is 1. The van der Waals surface area contributed by atoms with Crippen LogP contribution in [0.1, 0.15) is 33.6 Å². The number of ketones is 1. The van der Waals surface area contributed by atoms with E-state index in [4.69, 9.17) is 0 Å². The molecule has 1 saturated carbocycles. The van der Waals surface area contributed by atoms with Crippen LogP contribution in [0.3, 0.4) is 0 Å². The normalized spacial score (nSPS) is 41.9. The Bertz CT molecular complexity index is 301. The summed E-state index contributed by atoms with van der Waals surface area (Å²) in [5.74, 6) is 0.516. The molecule has 1 N–H and O–H groups in total. The van der Waals surface area contributed by atoms with Crippen LogP contribution in [0.25, 0.3) is 0 Å². The van der Waals surface area contributed by atoms with Crippen molar-refractivity contribution in [3.8, 4) is 0 Å². The number of fused-ring (bicyclic) bond motifs is 2. The third kappa shape index (κ3) is 0.812. The Morgan fingerprint density at radius 3 is 2.69 bits per heavy atom. The lowest BCUT2D eigenvalue weighted by molar-refractivity contribution is -0.124. The van der Waals surface area contributed by atoms with Gasteiger partial charge in [-0.25, -0.2) is 0 Å². The topological polar surface area (TPSA) is 37.3 Å². The predicted molar refractivity (Wildman–Crippen MR) is 50.3 cm³/mol. The Morgan fingerprint density at radius 1 is 1.46 bits per heavy atom. The van der Waals surface area contributed by atoms with Crippen LogP contribution in [0.15, 0.2) is 11.8 Å². The van der Waals surface area contributed by atoms with Gasteiger partial charge in [-0.15, -0.1) is 0 Å². The van der Waals surface area contributed by atoms with E-state index in [1.165, 1.54) is 6.08 Å². The average Bonchev–Trinajstić information content (AvgIpc) is 2.16. The van der Waals surface area contributed by atoms with Gasteiger partial charge in [0.25, 0.3) is 0 Å². The quantitative estimate of drug-likeness (QED) is 0.621. The summed E-state index contributed by atoms with van der Waals surface area (Å²) in [7, 11) is 0. The zero-order valence-corrected chi connectivity index (χ0v) is 8.42. The number of rotatable bonds is 0. The molecule has 0 aliphatic heterocycles. The maximum Gasteiger partial charge on any atom is 0.162 e. The predicted octanol–water partition coefficient (Wildman–Crippen LogP) is 2.45. The van der Waals surface area contributed by atoms with Crippen LogP contribution in [0.2, 0.25) is 0 Å². The smallest absolute Gasteiger partial charge is 0.162 e. The molecule has 2 heteroatoms. The van der Waals surface area contributed by atoms with Gasteiger partial charge in [-0.1, -0.05) is 20.8 Å². The van der Waals surface area contributed by atoms with Crippen molar-refractivity contribution < 1.29 is 9.90 Å². The van der Waals surface area contributed by atoms with Crippen LogP contribution in [-0.4, -0.2) is 10.9 Å². The number of aliphatic hydroxyl groups excluding tert-OH is 1. The summed E-state index contributed by atoms with van der Waals surface area (Å²) in [6.45, 7) is 6.24. The molecule has 2 aliphatic carbocycles. The third-order valence-corrected chi connectivity index (χ3v) is 4.41. The summed E-state index contributed by atoms with van der Waals surface area (Å²) in [5, 5.41) is 9.80. The van der Waals surface area contributed by atoms with Crippen molar-refractivity contribution in [1.29, 1.82) is 0 Å². The van der Waals surface area contributed by atoms with Crippen molar-refractivity contribution in [3.63, 3.8) is 0 Å². The summed E-state index contributed by atoms with van der Waals surface area (Å²) in [4.78, 5) is 11.6. The van der Waals surface area contributed by atoms with Gasteiger partial charge in [0.2, 0.25) is 0 Å². The SMILES string of the molecule is CC12CCC(C(=O)C=C1O)C2(C)C. The van der Waals surface area contributed by atoms with Gasteiger partial charge in [0.15, 0.2) is 5.78 Å². The lowest BCUT2D eigenvalue weighted by atomic mass is 9.61. The molecule has 0 radical (unpaired) electrons. The molecule has 1 fully saturated rings. The van der Waals surface area contributed by atoms with Crippen molar-refractivity contribution >= 4 is 5.78 Å². The molecule has 0 aromatic carbocycles. The molecule has 2 atom stereocenters. The standard InChI is InChI=1S/C11H16O2/c1-10(2)7-4-5-11(10,3)9(13)6-8(7)12/h6-7,13H,4-5H2,1-3H3. The second-order valence-electron chi connectivity index (χ2n) is 5.08. The lowest BCUT2D eigenvalue weighted by Crippen LogP contribution is -2.41. The number of carbonyl (C=O) groups excluding carboxylic acids is 1. The van der Waals surface area contributed by atoms with Gasteiger partial charge in [-0.3, -0.25) is 4.79 Å². The lowest BCUT2D eigenvalue weighted by Gasteiger charge is -2.43. The first-order valence-corrected chi connectivity index (χ1v) is 4.84. The highest BCUT2D eigenvalue weighted by molar-refractivity contribution is 5.94. The summed E-state index contributed by atoms with van der Waals surface area (Å²) < 4.78 is 0. The minimum atomic E-state index is -0.175. The van der Waals surface area contributed by atoms with Crippen LogP contribution in [0.5, 0.6) is 0 Å². The number of carbonyl (C=O) groups is 1. The molecule has 2 unspecified atom stereocenters. The van der Waals surface area contributed by atoms with Gasteiger partial charge in [-0.2, -0.15) is 0 Å². The highest BCUT2D eigenvalue weighted by atomic mass is 16.3. The van der Waals surface area contributed by atoms with Crippen LogP contribution in [0.4, 0.5) is 0 Å². The fraction of sp³-hybridized carbons (Fsp3) is 0.727. The minimum Gasteiger partial charge on any atom is -0.512 e. The number of allylic oxidation sites excluding steroid dienone is 2. The Hall–Kier alpha value is -0.790. The Kier molecular flexibility index (Phi) is 1.47. The van der Waals surface area contributed by atoms with E-state index in [9.17, 15) is 9.90 Å². The summed E-state index contributed by atoms with van der Waals surface area (Å²) in [5.41, 5.74) is -0.255. The summed E-state index contributed by atoms with van der Waals surface area (Å²) in [6, 6.07) is 0. The Balaban J connectivity index is 2.59. The first kappa shape index (κ1) is 8.79. The van der Waals surface area contributed by atoms with Crippen molar-refractivity contribution in [2.45, 2.75) is 33.6 Å². The first-order valence-electron chi connectivity index (χ1n) is 4.84. The molecule has 0 aromatic heterocycles. The van der Waals surface area contributed by atoms with Gasteiger partial charge in [0.05, 0.1) is 0 Å². The second-order valence-corrected chi connectivity index (χ2v) is 5.08. The van der Waals surface area contributed by atoms with Crippen molar-refractivity contribution in [2.24, 2.45) is 16.7 Å². The van der Waals surface area contributed by atoms with Crippen molar-refractivity contribution in [2.75, 3.05) is 0 Å². The highest BCUT2D eigenvalue weighted by Gasteiger charge is 2.58. The number of hydrogen-bond acceptors (Lipinski definition) is 2. The average molecular weight is 180 g/mol.